The number of fused-ring (bicyclic) bond motifs is 1. The molecule has 8 heteroatoms. The van der Waals surface area contributed by atoms with Gasteiger partial charge in [-0.25, -0.2) is 9.97 Å². The molecule has 0 unspecified atom stereocenters. The molecule has 0 amide bonds. The molecule has 0 saturated carbocycles. The monoisotopic (exact) mass is 337 g/mol. The number of anilines is 1. The van der Waals surface area contributed by atoms with E-state index in [2.05, 4.69) is 20.3 Å². The second-order valence-corrected chi connectivity index (χ2v) is 6.45. The maximum atomic E-state index is 6.03. The van der Waals surface area contributed by atoms with E-state index in [-0.39, 0.29) is 11.3 Å². The van der Waals surface area contributed by atoms with Crippen LogP contribution in [0.4, 0.5) is 5.82 Å². The average molecular weight is 338 g/mol. The number of thiazole rings is 1. The molecule has 3 aromatic rings. The van der Waals surface area contributed by atoms with Crippen molar-refractivity contribution in [1.82, 2.24) is 15.0 Å². The van der Waals surface area contributed by atoms with Crippen LogP contribution in [0.3, 0.4) is 0 Å². The molecule has 116 valence electrons. The molecular formula is C14H16ClN5OS. The summed E-state index contributed by atoms with van der Waals surface area (Å²) in [7, 11) is 0. The molecule has 6 nitrogen and oxygen atoms in total. The van der Waals surface area contributed by atoms with Crippen molar-refractivity contribution in [1.29, 1.82) is 0 Å². The fourth-order valence-corrected chi connectivity index (χ4v) is 2.94. The average Bonchev–Trinajstić information content (AvgIpc) is 3.07. The summed E-state index contributed by atoms with van der Waals surface area (Å²) in [5.74, 6) is 1.39. The number of aromatic nitrogens is 3. The summed E-state index contributed by atoms with van der Waals surface area (Å²) in [5, 5.41) is 6.29. The highest BCUT2D eigenvalue weighted by Crippen LogP contribution is 2.30. The van der Waals surface area contributed by atoms with Gasteiger partial charge in [0.2, 0.25) is 5.28 Å². The zero-order chi connectivity index (χ0) is 15.7. The zero-order valence-electron chi connectivity index (χ0n) is 12.3. The van der Waals surface area contributed by atoms with Gasteiger partial charge in [0.1, 0.15) is 16.3 Å². The van der Waals surface area contributed by atoms with Crippen LogP contribution in [0.15, 0.2) is 16.0 Å². The van der Waals surface area contributed by atoms with Crippen LogP contribution in [0.1, 0.15) is 23.3 Å². The summed E-state index contributed by atoms with van der Waals surface area (Å²) in [4.78, 5) is 12.7. The Morgan fingerprint density at radius 2 is 2.27 bits per heavy atom. The number of nitrogens with two attached hydrogens (primary N) is 1. The lowest BCUT2D eigenvalue weighted by Crippen LogP contribution is -2.17. The Bertz CT molecular complexity index is 784. The topological polar surface area (TPSA) is 89.9 Å². The molecule has 0 fully saturated rings. The summed E-state index contributed by atoms with van der Waals surface area (Å²) in [5.41, 5.74) is 8.14. The Labute approximate surface area is 136 Å². The first-order chi connectivity index (χ1) is 10.5. The van der Waals surface area contributed by atoms with Crippen molar-refractivity contribution in [3.05, 3.63) is 33.2 Å². The van der Waals surface area contributed by atoms with E-state index < -0.39 is 0 Å². The van der Waals surface area contributed by atoms with Crippen molar-refractivity contribution in [2.24, 2.45) is 5.73 Å². The molecule has 1 atom stereocenters. The molecule has 0 spiro atoms. The van der Waals surface area contributed by atoms with Gasteiger partial charge in [-0.05, 0) is 25.4 Å². The number of hydrogen-bond acceptors (Lipinski definition) is 7. The van der Waals surface area contributed by atoms with Crippen molar-refractivity contribution >= 4 is 39.9 Å². The van der Waals surface area contributed by atoms with E-state index in [1.54, 1.807) is 17.5 Å². The Morgan fingerprint density at radius 1 is 1.45 bits per heavy atom. The fraction of sp³-hybridized carbons (Fsp3) is 0.357. The van der Waals surface area contributed by atoms with E-state index in [4.69, 9.17) is 21.8 Å². The largest absolute Gasteiger partial charge is 0.455 e. The number of nitrogens with one attached hydrogen (secondary N) is 1. The molecule has 0 saturated heterocycles. The normalized spacial score (nSPS) is 12.7. The Hall–Kier alpha value is -1.70. The summed E-state index contributed by atoms with van der Waals surface area (Å²) in [6.45, 7) is 4.45. The molecule has 3 aromatic heterocycles. The van der Waals surface area contributed by atoms with Gasteiger partial charge in [0.15, 0.2) is 11.4 Å². The number of rotatable bonds is 5. The second-order valence-electron chi connectivity index (χ2n) is 5.13. The highest BCUT2D eigenvalue weighted by Gasteiger charge is 2.18. The third-order valence-corrected chi connectivity index (χ3v) is 4.18. The van der Waals surface area contributed by atoms with E-state index >= 15 is 0 Å². The fourth-order valence-electron chi connectivity index (χ4n) is 2.21. The van der Waals surface area contributed by atoms with E-state index in [9.17, 15) is 0 Å². The Balaban J connectivity index is 1.98. The van der Waals surface area contributed by atoms with E-state index in [0.717, 1.165) is 21.8 Å². The lowest BCUT2D eigenvalue weighted by Gasteiger charge is -2.04. The van der Waals surface area contributed by atoms with Crippen LogP contribution >= 0.6 is 22.9 Å². The highest BCUT2D eigenvalue weighted by molar-refractivity contribution is 7.09. The standard InChI is InChI=1S/C14H16ClN5OS/c1-7(16)5-9-8(2)11-12(21-9)13(20-14(15)19-11)18-6-10-17-3-4-22-10/h3-4,7H,5-6,16H2,1-2H3,(H,18,19,20)/t7-/m0/s1. The van der Waals surface area contributed by atoms with Crippen molar-refractivity contribution in [2.45, 2.75) is 32.9 Å². The molecule has 3 N–H and O–H groups in total. The molecule has 0 aliphatic rings. The highest BCUT2D eigenvalue weighted by atomic mass is 35.5. The van der Waals surface area contributed by atoms with Crippen LogP contribution in [0.2, 0.25) is 5.28 Å². The summed E-state index contributed by atoms with van der Waals surface area (Å²) in [6.07, 6.45) is 2.41. The molecule has 0 aliphatic carbocycles. The summed E-state index contributed by atoms with van der Waals surface area (Å²) in [6, 6.07) is 0.00872. The Morgan fingerprint density at radius 3 is 2.95 bits per heavy atom. The third kappa shape index (κ3) is 3.06. The van der Waals surface area contributed by atoms with Gasteiger partial charge in [0, 0.05) is 29.6 Å². The Kier molecular flexibility index (Phi) is 4.28. The van der Waals surface area contributed by atoms with Gasteiger partial charge in [-0.1, -0.05) is 0 Å². The van der Waals surface area contributed by atoms with Crippen molar-refractivity contribution in [3.8, 4) is 0 Å². The molecule has 22 heavy (non-hydrogen) atoms. The number of halogens is 1. The van der Waals surface area contributed by atoms with E-state index in [0.29, 0.717) is 24.4 Å². The van der Waals surface area contributed by atoms with Crippen LogP contribution < -0.4 is 11.1 Å². The predicted octanol–water partition coefficient (Wildman–Crippen LogP) is 3.14. The first-order valence-corrected chi connectivity index (χ1v) is 8.13. The quantitative estimate of drug-likeness (QED) is 0.695. The number of hydrogen-bond donors (Lipinski definition) is 2. The molecule has 3 heterocycles. The van der Waals surface area contributed by atoms with Gasteiger partial charge in [0.05, 0.1) is 6.54 Å². The van der Waals surface area contributed by atoms with E-state index in [1.807, 2.05) is 19.2 Å². The number of furan rings is 1. The second kappa shape index (κ2) is 6.20. The van der Waals surface area contributed by atoms with E-state index in [1.165, 1.54) is 0 Å². The zero-order valence-corrected chi connectivity index (χ0v) is 13.8. The van der Waals surface area contributed by atoms with Gasteiger partial charge < -0.3 is 15.5 Å². The van der Waals surface area contributed by atoms with Crippen LogP contribution in [0.25, 0.3) is 11.1 Å². The van der Waals surface area contributed by atoms with Crippen LogP contribution in [-0.2, 0) is 13.0 Å². The molecule has 3 rings (SSSR count). The molecule has 0 aromatic carbocycles. The SMILES string of the molecule is Cc1c(C[C@H](C)N)oc2c(NCc3nccs3)nc(Cl)nc12. The van der Waals surface area contributed by atoms with Crippen LogP contribution in [0, 0.1) is 6.92 Å². The van der Waals surface area contributed by atoms with Gasteiger partial charge in [-0.2, -0.15) is 4.98 Å². The van der Waals surface area contributed by atoms with Crippen LogP contribution in [-0.4, -0.2) is 21.0 Å². The number of nitrogens with zero attached hydrogens (tertiary/aromatic N) is 3. The van der Waals surface area contributed by atoms with Crippen LogP contribution in [0.5, 0.6) is 0 Å². The first-order valence-electron chi connectivity index (χ1n) is 6.88. The van der Waals surface area contributed by atoms with Gasteiger partial charge >= 0.3 is 0 Å². The minimum atomic E-state index is 0.00872. The minimum Gasteiger partial charge on any atom is -0.455 e. The van der Waals surface area contributed by atoms with Gasteiger partial charge in [-0.15, -0.1) is 11.3 Å². The van der Waals surface area contributed by atoms with Crippen molar-refractivity contribution < 1.29 is 4.42 Å². The first kappa shape index (κ1) is 15.2. The maximum absolute atomic E-state index is 6.03. The molecular weight excluding hydrogens is 322 g/mol. The minimum absolute atomic E-state index is 0.00872. The lowest BCUT2D eigenvalue weighted by atomic mass is 10.1. The van der Waals surface area contributed by atoms with Gasteiger partial charge in [0.25, 0.3) is 0 Å². The smallest absolute Gasteiger partial charge is 0.225 e. The molecule has 0 radical (unpaired) electrons. The summed E-state index contributed by atoms with van der Waals surface area (Å²) < 4.78 is 5.92. The maximum Gasteiger partial charge on any atom is 0.225 e. The molecule has 0 bridgehead atoms. The molecule has 0 aliphatic heterocycles. The number of aryl methyl sites for hydroxylation is 1. The van der Waals surface area contributed by atoms with Crippen molar-refractivity contribution in [3.63, 3.8) is 0 Å². The van der Waals surface area contributed by atoms with Gasteiger partial charge in [-0.3, -0.25) is 0 Å². The summed E-state index contributed by atoms with van der Waals surface area (Å²) >= 11 is 7.60. The lowest BCUT2D eigenvalue weighted by molar-refractivity contribution is 0.521. The third-order valence-electron chi connectivity index (χ3n) is 3.23. The predicted molar refractivity (Wildman–Crippen MR) is 88.3 cm³/mol. The van der Waals surface area contributed by atoms with Crippen molar-refractivity contribution in [2.75, 3.05) is 5.32 Å².